The first-order valence-electron chi connectivity index (χ1n) is 5.78. The highest BCUT2D eigenvalue weighted by atomic mass is 19.1. The smallest absolute Gasteiger partial charge is 0.267 e. The Balaban J connectivity index is 2.06. The molecule has 1 N–H and O–H groups in total. The zero-order valence-electron chi connectivity index (χ0n) is 10.0. The summed E-state index contributed by atoms with van der Waals surface area (Å²) in [5.74, 6) is -1.80. The number of carbonyl (C=O) groups excluding carboxylic acids is 2. The SMILES string of the molecule is O=C(Nc1ccccc1)[C@H](F)C(=O)c1ccccc1. The van der Waals surface area contributed by atoms with E-state index in [1.807, 2.05) is 0 Å². The molecule has 19 heavy (non-hydrogen) atoms. The first-order chi connectivity index (χ1) is 9.18. The lowest BCUT2D eigenvalue weighted by molar-refractivity contribution is -0.119. The molecule has 1 atom stereocenters. The number of rotatable bonds is 4. The van der Waals surface area contributed by atoms with Crippen LogP contribution in [0.4, 0.5) is 10.1 Å². The van der Waals surface area contributed by atoms with Gasteiger partial charge >= 0.3 is 0 Å². The largest absolute Gasteiger partial charge is 0.323 e. The lowest BCUT2D eigenvalue weighted by Gasteiger charge is -2.08. The van der Waals surface area contributed by atoms with Gasteiger partial charge in [0.15, 0.2) is 0 Å². The van der Waals surface area contributed by atoms with Crippen molar-refractivity contribution in [3.63, 3.8) is 0 Å². The van der Waals surface area contributed by atoms with Gasteiger partial charge in [-0.3, -0.25) is 9.59 Å². The van der Waals surface area contributed by atoms with Crippen LogP contribution in [0.5, 0.6) is 0 Å². The summed E-state index contributed by atoms with van der Waals surface area (Å²) >= 11 is 0. The van der Waals surface area contributed by atoms with Gasteiger partial charge < -0.3 is 5.32 Å². The van der Waals surface area contributed by atoms with Crippen LogP contribution in [-0.2, 0) is 4.79 Å². The number of ketones is 1. The summed E-state index contributed by atoms with van der Waals surface area (Å²) in [5, 5.41) is 2.36. The Bertz CT molecular complexity index is 569. The number of benzene rings is 2. The highest BCUT2D eigenvalue weighted by Crippen LogP contribution is 2.10. The fraction of sp³-hybridized carbons (Fsp3) is 0.0667. The van der Waals surface area contributed by atoms with Crippen LogP contribution in [0.25, 0.3) is 0 Å². The van der Waals surface area contributed by atoms with Gasteiger partial charge in [-0.1, -0.05) is 48.5 Å². The Labute approximate surface area is 110 Å². The molecule has 96 valence electrons. The Hall–Kier alpha value is -2.49. The molecule has 0 aliphatic carbocycles. The van der Waals surface area contributed by atoms with Crippen LogP contribution >= 0.6 is 0 Å². The van der Waals surface area contributed by atoms with E-state index >= 15 is 0 Å². The standard InChI is InChI=1S/C15H12FNO2/c16-13(14(18)11-7-3-1-4-8-11)15(19)17-12-9-5-2-6-10-12/h1-10,13H,(H,17,19)/t13-/m1/s1. The maximum absolute atomic E-state index is 13.8. The number of hydrogen-bond acceptors (Lipinski definition) is 2. The summed E-state index contributed by atoms with van der Waals surface area (Å²) < 4.78 is 13.8. The average molecular weight is 257 g/mol. The Morgan fingerprint density at radius 3 is 2.00 bits per heavy atom. The maximum atomic E-state index is 13.8. The first kappa shape index (κ1) is 13.0. The highest BCUT2D eigenvalue weighted by Gasteiger charge is 2.26. The molecule has 0 aliphatic heterocycles. The van der Waals surface area contributed by atoms with E-state index in [4.69, 9.17) is 0 Å². The van der Waals surface area contributed by atoms with Gasteiger partial charge in [-0.25, -0.2) is 4.39 Å². The van der Waals surface area contributed by atoms with E-state index in [0.29, 0.717) is 5.69 Å². The predicted octanol–water partition coefficient (Wildman–Crippen LogP) is 2.85. The van der Waals surface area contributed by atoms with E-state index in [9.17, 15) is 14.0 Å². The predicted molar refractivity (Wildman–Crippen MR) is 70.7 cm³/mol. The molecular formula is C15H12FNO2. The van der Waals surface area contributed by atoms with E-state index in [1.165, 1.54) is 12.1 Å². The van der Waals surface area contributed by atoms with Crippen molar-refractivity contribution in [3.05, 3.63) is 66.2 Å². The minimum Gasteiger partial charge on any atom is -0.323 e. The normalized spacial score (nSPS) is 11.6. The summed E-state index contributed by atoms with van der Waals surface area (Å²) in [6.45, 7) is 0. The second-order valence-corrected chi connectivity index (χ2v) is 3.95. The quantitative estimate of drug-likeness (QED) is 0.676. The number of alkyl halides is 1. The minimum atomic E-state index is -2.21. The van der Waals surface area contributed by atoms with Gasteiger partial charge in [-0.15, -0.1) is 0 Å². The number of para-hydroxylation sites is 1. The topological polar surface area (TPSA) is 46.2 Å². The third kappa shape index (κ3) is 3.25. The highest BCUT2D eigenvalue weighted by molar-refractivity contribution is 6.15. The van der Waals surface area contributed by atoms with Crippen molar-refractivity contribution in [2.45, 2.75) is 6.17 Å². The Kier molecular flexibility index (Phi) is 4.03. The van der Waals surface area contributed by atoms with Gasteiger partial charge in [0.05, 0.1) is 0 Å². The van der Waals surface area contributed by atoms with Crippen molar-refractivity contribution in [3.8, 4) is 0 Å². The third-order valence-corrected chi connectivity index (χ3v) is 2.56. The molecule has 0 saturated heterocycles. The second kappa shape index (κ2) is 5.91. The summed E-state index contributed by atoms with van der Waals surface area (Å²) in [4.78, 5) is 23.4. The van der Waals surface area contributed by atoms with Crippen LogP contribution < -0.4 is 5.32 Å². The van der Waals surface area contributed by atoms with Crippen molar-refractivity contribution in [2.24, 2.45) is 0 Å². The zero-order valence-corrected chi connectivity index (χ0v) is 10.0. The minimum absolute atomic E-state index is 0.179. The zero-order chi connectivity index (χ0) is 13.7. The van der Waals surface area contributed by atoms with Crippen LogP contribution in [0, 0.1) is 0 Å². The fourth-order valence-corrected chi connectivity index (χ4v) is 1.59. The number of amides is 1. The molecule has 2 aromatic rings. The number of carbonyl (C=O) groups is 2. The van der Waals surface area contributed by atoms with Crippen LogP contribution in [0.15, 0.2) is 60.7 Å². The third-order valence-electron chi connectivity index (χ3n) is 2.56. The molecule has 1 amide bonds. The summed E-state index contributed by atoms with van der Waals surface area (Å²) in [6, 6.07) is 16.4. The Morgan fingerprint density at radius 2 is 1.42 bits per heavy atom. The monoisotopic (exact) mass is 257 g/mol. The van der Waals surface area contributed by atoms with Crippen molar-refractivity contribution in [1.29, 1.82) is 0 Å². The van der Waals surface area contributed by atoms with E-state index in [2.05, 4.69) is 5.32 Å². The summed E-state index contributed by atoms with van der Waals surface area (Å²) in [5.41, 5.74) is 0.634. The van der Waals surface area contributed by atoms with E-state index in [0.717, 1.165) is 0 Å². The molecule has 0 heterocycles. The van der Waals surface area contributed by atoms with Gasteiger partial charge in [0.1, 0.15) is 0 Å². The van der Waals surface area contributed by atoms with E-state index in [1.54, 1.807) is 48.5 Å². The molecule has 0 radical (unpaired) electrons. The average Bonchev–Trinajstić information content (AvgIpc) is 2.47. The lowest BCUT2D eigenvalue weighted by Crippen LogP contribution is -2.31. The number of halogens is 1. The molecule has 0 spiro atoms. The van der Waals surface area contributed by atoms with Gasteiger partial charge in [0.2, 0.25) is 12.0 Å². The van der Waals surface area contributed by atoms with E-state index < -0.39 is 17.9 Å². The Morgan fingerprint density at radius 1 is 0.895 bits per heavy atom. The molecule has 2 rings (SSSR count). The van der Waals surface area contributed by atoms with Crippen molar-refractivity contribution in [1.82, 2.24) is 0 Å². The lowest BCUT2D eigenvalue weighted by atomic mass is 10.1. The van der Waals surface area contributed by atoms with Gasteiger partial charge in [-0.2, -0.15) is 0 Å². The fourth-order valence-electron chi connectivity index (χ4n) is 1.59. The number of anilines is 1. The van der Waals surface area contributed by atoms with Gasteiger partial charge in [0, 0.05) is 11.3 Å². The molecule has 0 fully saturated rings. The molecule has 0 aromatic heterocycles. The van der Waals surface area contributed by atoms with E-state index in [-0.39, 0.29) is 5.56 Å². The molecule has 2 aromatic carbocycles. The molecule has 0 saturated carbocycles. The molecule has 0 bridgehead atoms. The van der Waals surface area contributed by atoms with Gasteiger partial charge in [-0.05, 0) is 12.1 Å². The number of Topliss-reactive ketones (excluding diaryl/α,β-unsaturated/α-hetero) is 1. The van der Waals surface area contributed by atoms with Crippen molar-refractivity contribution >= 4 is 17.4 Å². The van der Waals surface area contributed by atoms with Crippen LogP contribution in [0.3, 0.4) is 0 Å². The molecule has 0 unspecified atom stereocenters. The number of hydrogen-bond donors (Lipinski definition) is 1. The molecule has 4 heteroatoms. The molecule has 3 nitrogen and oxygen atoms in total. The van der Waals surface area contributed by atoms with Gasteiger partial charge in [0.25, 0.3) is 5.91 Å². The van der Waals surface area contributed by atoms with Crippen LogP contribution in [0.2, 0.25) is 0 Å². The molecular weight excluding hydrogens is 245 g/mol. The second-order valence-electron chi connectivity index (χ2n) is 3.95. The van der Waals surface area contributed by atoms with Crippen LogP contribution in [0.1, 0.15) is 10.4 Å². The number of nitrogens with one attached hydrogen (secondary N) is 1. The van der Waals surface area contributed by atoms with Crippen molar-refractivity contribution < 1.29 is 14.0 Å². The van der Waals surface area contributed by atoms with Crippen LogP contribution in [-0.4, -0.2) is 17.9 Å². The first-order valence-corrected chi connectivity index (χ1v) is 5.78. The maximum Gasteiger partial charge on any atom is 0.267 e. The summed E-state index contributed by atoms with van der Waals surface area (Å²) in [7, 11) is 0. The van der Waals surface area contributed by atoms with Crippen molar-refractivity contribution in [2.75, 3.05) is 5.32 Å². The summed E-state index contributed by atoms with van der Waals surface area (Å²) in [6.07, 6.45) is -2.21. The molecule has 0 aliphatic rings.